The summed E-state index contributed by atoms with van der Waals surface area (Å²) in [6.07, 6.45) is 7.01. The van der Waals surface area contributed by atoms with Crippen molar-refractivity contribution in [2.45, 2.75) is 31.7 Å². The molecule has 2 aliphatic rings. The highest BCUT2D eigenvalue weighted by Gasteiger charge is 2.24. The van der Waals surface area contributed by atoms with Crippen molar-refractivity contribution >= 4 is 0 Å². The van der Waals surface area contributed by atoms with E-state index in [2.05, 4.69) is 34.4 Å². The number of aryl methyl sites for hydroxylation is 1. The fourth-order valence-corrected chi connectivity index (χ4v) is 3.31. The highest BCUT2D eigenvalue weighted by molar-refractivity contribution is 5.25. The lowest BCUT2D eigenvalue weighted by molar-refractivity contribution is 0.367. The predicted octanol–water partition coefficient (Wildman–Crippen LogP) is 2.00. The summed E-state index contributed by atoms with van der Waals surface area (Å²) in [6, 6.07) is 4.79. The Morgan fingerprint density at radius 3 is 3.22 bits per heavy atom. The molecular formula is C15H23N3. The van der Waals surface area contributed by atoms with E-state index >= 15 is 0 Å². The molecule has 98 valence electrons. The first-order chi connectivity index (χ1) is 8.83. The van der Waals surface area contributed by atoms with Crippen molar-refractivity contribution in [3.63, 3.8) is 0 Å². The number of fused-ring (bicyclic) bond motifs is 1. The van der Waals surface area contributed by atoms with Crippen molar-refractivity contribution in [2.75, 3.05) is 26.7 Å². The van der Waals surface area contributed by atoms with E-state index in [1.807, 2.05) is 6.20 Å². The Bertz CT molecular complexity index is 404. The lowest BCUT2D eigenvalue weighted by atomic mass is 9.91. The van der Waals surface area contributed by atoms with Crippen LogP contribution in [0.25, 0.3) is 0 Å². The SMILES string of the molecule is CN1CCC(CNC2CCCc3cccnc32)C1. The van der Waals surface area contributed by atoms with E-state index in [0.29, 0.717) is 6.04 Å². The third-order valence-corrected chi connectivity index (χ3v) is 4.34. The van der Waals surface area contributed by atoms with Crippen LogP contribution in [0.15, 0.2) is 18.3 Å². The minimum atomic E-state index is 0.487. The van der Waals surface area contributed by atoms with E-state index in [1.165, 1.54) is 50.0 Å². The molecule has 3 nitrogen and oxygen atoms in total. The van der Waals surface area contributed by atoms with E-state index in [1.54, 1.807) is 0 Å². The van der Waals surface area contributed by atoms with Gasteiger partial charge in [0.05, 0.1) is 5.69 Å². The summed E-state index contributed by atoms with van der Waals surface area (Å²) >= 11 is 0. The van der Waals surface area contributed by atoms with Gasteiger partial charge in [-0.2, -0.15) is 0 Å². The number of nitrogens with zero attached hydrogens (tertiary/aromatic N) is 2. The standard InChI is InChI=1S/C15H23N3/c1-18-9-7-12(11-18)10-17-14-6-2-4-13-5-3-8-16-15(13)14/h3,5,8,12,14,17H,2,4,6-7,9-11H2,1H3. The number of hydrogen-bond acceptors (Lipinski definition) is 3. The molecule has 2 atom stereocenters. The zero-order valence-corrected chi connectivity index (χ0v) is 11.2. The first kappa shape index (κ1) is 12.1. The Morgan fingerprint density at radius 2 is 2.39 bits per heavy atom. The largest absolute Gasteiger partial charge is 0.308 e. The highest BCUT2D eigenvalue weighted by Crippen LogP contribution is 2.28. The molecule has 1 aromatic rings. The van der Waals surface area contributed by atoms with Crippen molar-refractivity contribution in [1.29, 1.82) is 0 Å². The fraction of sp³-hybridized carbons (Fsp3) is 0.667. The van der Waals surface area contributed by atoms with Gasteiger partial charge in [-0.15, -0.1) is 0 Å². The van der Waals surface area contributed by atoms with Crippen molar-refractivity contribution in [3.8, 4) is 0 Å². The monoisotopic (exact) mass is 245 g/mol. The molecule has 0 aromatic carbocycles. The van der Waals surface area contributed by atoms with E-state index < -0.39 is 0 Å². The van der Waals surface area contributed by atoms with Crippen LogP contribution in [0.2, 0.25) is 0 Å². The average Bonchev–Trinajstić information content (AvgIpc) is 2.82. The predicted molar refractivity (Wildman–Crippen MR) is 73.5 cm³/mol. The van der Waals surface area contributed by atoms with Gasteiger partial charge in [0.2, 0.25) is 0 Å². The lowest BCUT2D eigenvalue weighted by Gasteiger charge is -2.26. The Labute approximate surface area is 110 Å². The lowest BCUT2D eigenvalue weighted by Crippen LogP contribution is -2.31. The number of aromatic nitrogens is 1. The Kier molecular flexibility index (Phi) is 3.62. The topological polar surface area (TPSA) is 28.2 Å². The molecule has 0 saturated carbocycles. The second-order valence-electron chi connectivity index (χ2n) is 5.82. The van der Waals surface area contributed by atoms with Crippen LogP contribution in [-0.4, -0.2) is 36.6 Å². The Balaban J connectivity index is 1.60. The van der Waals surface area contributed by atoms with Crippen molar-refractivity contribution < 1.29 is 0 Å². The summed E-state index contributed by atoms with van der Waals surface area (Å²) in [5.74, 6) is 0.823. The number of likely N-dealkylation sites (tertiary alicyclic amines) is 1. The minimum Gasteiger partial charge on any atom is -0.308 e. The fourth-order valence-electron chi connectivity index (χ4n) is 3.31. The molecule has 0 radical (unpaired) electrons. The molecule has 0 amide bonds. The molecule has 18 heavy (non-hydrogen) atoms. The molecular weight excluding hydrogens is 222 g/mol. The smallest absolute Gasteiger partial charge is 0.0605 e. The molecule has 0 bridgehead atoms. The van der Waals surface area contributed by atoms with E-state index in [4.69, 9.17) is 0 Å². The zero-order chi connectivity index (χ0) is 12.4. The van der Waals surface area contributed by atoms with E-state index in [9.17, 15) is 0 Å². The number of rotatable bonds is 3. The van der Waals surface area contributed by atoms with Gasteiger partial charge < -0.3 is 10.2 Å². The number of nitrogens with one attached hydrogen (secondary N) is 1. The average molecular weight is 245 g/mol. The van der Waals surface area contributed by atoms with Crippen LogP contribution in [0.4, 0.5) is 0 Å². The van der Waals surface area contributed by atoms with Crippen LogP contribution in [0.1, 0.15) is 36.6 Å². The molecule has 1 saturated heterocycles. The van der Waals surface area contributed by atoms with E-state index in [0.717, 1.165) is 12.5 Å². The first-order valence-corrected chi connectivity index (χ1v) is 7.18. The molecule has 3 heteroatoms. The van der Waals surface area contributed by atoms with Gasteiger partial charge in [0.15, 0.2) is 0 Å². The van der Waals surface area contributed by atoms with E-state index in [-0.39, 0.29) is 0 Å². The van der Waals surface area contributed by atoms with Crippen molar-refractivity contribution in [3.05, 3.63) is 29.6 Å². The summed E-state index contributed by atoms with van der Waals surface area (Å²) in [5.41, 5.74) is 2.75. The van der Waals surface area contributed by atoms with Gasteiger partial charge in [0, 0.05) is 18.8 Å². The summed E-state index contributed by atoms with van der Waals surface area (Å²) in [6.45, 7) is 3.64. The van der Waals surface area contributed by atoms with Gasteiger partial charge >= 0.3 is 0 Å². The minimum absolute atomic E-state index is 0.487. The summed E-state index contributed by atoms with van der Waals surface area (Å²) < 4.78 is 0. The van der Waals surface area contributed by atoms with Gasteiger partial charge in [-0.3, -0.25) is 4.98 Å². The quantitative estimate of drug-likeness (QED) is 0.883. The normalized spacial score (nSPS) is 28.3. The van der Waals surface area contributed by atoms with Gasteiger partial charge in [-0.25, -0.2) is 0 Å². The van der Waals surface area contributed by atoms with Crippen LogP contribution in [0, 0.1) is 5.92 Å². The molecule has 3 rings (SSSR count). The van der Waals surface area contributed by atoms with Gasteiger partial charge in [0.1, 0.15) is 0 Å². The third kappa shape index (κ3) is 2.57. The highest BCUT2D eigenvalue weighted by atomic mass is 15.1. The molecule has 1 aliphatic carbocycles. The maximum absolute atomic E-state index is 4.59. The Morgan fingerprint density at radius 1 is 1.44 bits per heavy atom. The summed E-state index contributed by atoms with van der Waals surface area (Å²) in [5, 5.41) is 3.75. The molecule has 1 aliphatic heterocycles. The maximum atomic E-state index is 4.59. The molecule has 2 unspecified atom stereocenters. The van der Waals surface area contributed by atoms with Crippen molar-refractivity contribution in [1.82, 2.24) is 15.2 Å². The molecule has 1 fully saturated rings. The third-order valence-electron chi connectivity index (χ3n) is 4.34. The molecule has 0 spiro atoms. The number of pyridine rings is 1. The molecule has 2 heterocycles. The zero-order valence-electron chi connectivity index (χ0n) is 11.2. The van der Waals surface area contributed by atoms with Crippen molar-refractivity contribution in [2.24, 2.45) is 5.92 Å². The Hall–Kier alpha value is -0.930. The maximum Gasteiger partial charge on any atom is 0.0605 e. The molecule has 1 N–H and O–H groups in total. The van der Waals surface area contributed by atoms with Gasteiger partial charge in [-0.05, 0) is 63.4 Å². The molecule has 1 aromatic heterocycles. The summed E-state index contributed by atoms with van der Waals surface area (Å²) in [7, 11) is 2.22. The van der Waals surface area contributed by atoms with Crippen LogP contribution in [-0.2, 0) is 6.42 Å². The number of hydrogen-bond donors (Lipinski definition) is 1. The second-order valence-corrected chi connectivity index (χ2v) is 5.82. The van der Waals surface area contributed by atoms with Crippen LogP contribution < -0.4 is 5.32 Å². The summed E-state index contributed by atoms with van der Waals surface area (Å²) in [4.78, 5) is 7.02. The van der Waals surface area contributed by atoms with Gasteiger partial charge in [0.25, 0.3) is 0 Å². The van der Waals surface area contributed by atoms with Crippen LogP contribution in [0.5, 0.6) is 0 Å². The second kappa shape index (κ2) is 5.37. The van der Waals surface area contributed by atoms with Crippen LogP contribution >= 0.6 is 0 Å². The van der Waals surface area contributed by atoms with Gasteiger partial charge in [-0.1, -0.05) is 6.07 Å². The van der Waals surface area contributed by atoms with Crippen LogP contribution in [0.3, 0.4) is 0 Å². The first-order valence-electron chi connectivity index (χ1n) is 7.18.